The van der Waals surface area contributed by atoms with Crippen LogP contribution in [0.15, 0.2) is 377 Å². The van der Waals surface area contributed by atoms with Crippen LogP contribution in [0.3, 0.4) is 0 Å². The summed E-state index contributed by atoms with van der Waals surface area (Å²) in [4.78, 5) is 10.4. The first-order valence-corrected chi connectivity index (χ1v) is 36.6. The van der Waals surface area contributed by atoms with Crippen LogP contribution in [0, 0.1) is 0 Å². The van der Waals surface area contributed by atoms with Gasteiger partial charge in [-0.05, 0) is 186 Å². The lowest BCUT2D eigenvalue weighted by atomic mass is 9.30. The molecule has 0 aliphatic carbocycles. The van der Waals surface area contributed by atoms with Gasteiger partial charge in [0.25, 0.3) is 6.71 Å². The van der Waals surface area contributed by atoms with Crippen LogP contribution in [0.1, 0.15) is 0 Å². The van der Waals surface area contributed by atoms with Crippen LogP contribution < -0.4 is 47.5 Å². The molecule has 5 nitrogen and oxygen atoms in total. The van der Waals surface area contributed by atoms with Crippen LogP contribution in [0.5, 0.6) is 0 Å². The Hall–Kier alpha value is -13.0. The van der Waals surface area contributed by atoms with Crippen LogP contribution in [0.4, 0.5) is 51.2 Å². The van der Waals surface area contributed by atoms with E-state index in [-0.39, 0.29) is 13.4 Å². The fraction of sp³-hybridized carbons (Fsp3) is 0. The van der Waals surface area contributed by atoms with E-state index in [1.54, 1.807) is 0 Å². The predicted molar refractivity (Wildman–Crippen MR) is 438 cm³/mol. The minimum Gasteiger partial charge on any atom is -0.456 e. The van der Waals surface area contributed by atoms with E-state index in [2.05, 4.69) is 373 Å². The van der Waals surface area contributed by atoms with E-state index in [0.717, 1.165) is 151 Å². The molecular weight excluding hydrogens is 1280 g/mol. The molecule has 0 saturated carbocycles. The first-order valence-electron chi connectivity index (χ1n) is 35.7. The van der Waals surface area contributed by atoms with Gasteiger partial charge in [-0.1, -0.05) is 272 Å². The first kappa shape index (κ1) is 58.8. The maximum atomic E-state index is 6.60. The van der Waals surface area contributed by atoms with Gasteiger partial charge < -0.3 is 23.5 Å². The highest BCUT2D eigenvalue weighted by atomic mass is 32.2. The molecule has 0 fully saturated rings. The molecule has 4 aliphatic rings. The number of furan rings is 2. The first-order chi connectivity index (χ1) is 51.6. The molecule has 0 unspecified atom stereocenters. The fourth-order valence-electron chi connectivity index (χ4n) is 17.4. The average molecular weight is 1340 g/mol. The van der Waals surface area contributed by atoms with E-state index in [1.165, 1.54) is 53.7 Å². The summed E-state index contributed by atoms with van der Waals surface area (Å²) >= 11 is 1.90. The molecule has 0 atom stereocenters. The summed E-state index contributed by atoms with van der Waals surface area (Å²) in [5, 5.41) is 4.38. The Kier molecular flexibility index (Phi) is 13.2. The van der Waals surface area contributed by atoms with E-state index in [4.69, 9.17) is 8.83 Å². The van der Waals surface area contributed by atoms with Gasteiger partial charge in [-0.15, -0.1) is 0 Å². The van der Waals surface area contributed by atoms with Crippen LogP contribution in [-0.2, 0) is 0 Å². The van der Waals surface area contributed by atoms with Gasteiger partial charge in [0.15, 0.2) is 0 Å². The van der Waals surface area contributed by atoms with Gasteiger partial charge in [-0.2, -0.15) is 0 Å². The van der Waals surface area contributed by atoms with Gasteiger partial charge in [0.05, 0.1) is 5.69 Å². The minimum atomic E-state index is -0.255. The maximum Gasteiger partial charge on any atom is 0.252 e. The number of hydrogen-bond donors (Lipinski definition) is 0. The highest BCUT2D eigenvalue weighted by molar-refractivity contribution is 8.00. The van der Waals surface area contributed by atoms with E-state index >= 15 is 0 Å². The predicted octanol–water partition coefficient (Wildman–Crippen LogP) is 22.3. The van der Waals surface area contributed by atoms with E-state index in [1.807, 2.05) is 11.8 Å². The van der Waals surface area contributed by atoms with Crippen molar-refractivity contribution >= 4 is 153 Å². The lowest BCUT2D eigenvalue weighted by Gasteiger charge is -2.47. The molecule has 22 rings (SSSR count). The molecule has 4 aliphatic heterocycles. The van der Waals surface area contributed by atoms with Crippen molar-refractivity contribution in [3.05, 3.63) is 358 Å². The Morgan fingerprint density at radius 2 is 0.606 bits per heavy atom. The summed E-state index contributed by atoms with van der Waals surface area (Å²) in [6, 6.07) is 133. The van der Waals surface area contributed by atoms with Crippen LogP contribution in [0.25, 0.3) is 111 Å². The van der Waals surface area contributed by atoms with Crippen molar-refractivity contribution in [3.8, 4) is 66.8 Å². The Labute approximate surface area is 607 Å². The van der Waals surface area contributed by atoms with Crippen LogP contribution in [-0.4, -0.2) is 13.4 Å². The highest BCUT2D eigenvalue weighted by Gasteiger charge is 2.49. The van der Waals surface area contributed by atoms with Crippen LogP contribution >= 0.6 is 11.8 Å². The number of anilines is 9. The Morgan fingerprint density at radius 3 is 1.15 bits per heavy atom. The summed E-state index contributed by atoms with van der Waals surface area (Å²) in [5.41, 5.74) is 34.7. The lowest BCUT2D eigenvalue weighted by Crippen LogP contribution is -2.64. The van der Waals surface area contributed by atoms with Crippen molar-refractivity contribution in [2.24, 2.45) is 0 Å². The normalized spacial score (nSPS) is 13.1. The van der Waals surface area contributed by atoms with Crippen molar-refractivity contribution in [2.45, 2.75) is 9.79 Å². The van der Waals surface area contributed by atoms with Crippen molar-refractivity contribution in [2.75, 3.05) is 14.7 Å². The summed E-state index contributed by atoms with van der Waals surface area (Å²) in [6.07, 6.45) is 0. The number of nitrogens with zero attached hydrogens (tertiary/aromatic N) is 3. The molecule has 18 aromatic rings. The zero-order chi connectivity index (χ0) is 68.1. The zero-order valence-electron chi connectivity index (χ0n) is 56.3. The molecule has 0 bridgehead atoms. The Bertz CT molecular complexity index is 6490. The number of rotatable bonds is 9. The van der Waals surface area contributed by atoms with E-state index in [0.29, 0.717) is 0 Å². The molecule has 0 N–H and O–H groups in total. The van der Waals surface area contributed by atoms with Crippen molar-refractivity contribution in [3.63, 3.8) is 0 Å². The summed E-state index contributed by atoms with van der Waals surface area (Å²) in [5.74, 6) is 0. The fourth-order valence-corrected chi connectivity index (χ4v) is 18.7. The van der Waals surface area contributed by atoms with Gasteiger partial charge >= 0.3 is 0 Å². The van der Waals surface area contributed by atoms with E-state index in [9.17, 15) is 0 Å². The topological polar surface area (TPSA) is 36.0 Å². The molecule has 6 heterocycles. The monoisotopic (exact) mass is 1340 g/mol. The van der Waals surface area contributed by atoms with Gasteiger partial charge in [0.1, 0.15) is 22.3 Å². The molecule has 0 saturated heterocycles. The molecule has 0 radical (unpaired) electrons. The summed E-state index contributed by atoms with van der Waals surface area (Å²) < 4.78 is 13.1. The van der Waals surface area contributed by atoms with Crippen LogP contribution in [0.2, 0.25) is 0 Å². The van der Waals surface area contributed by atoms with Crippen molar-refractivity contribution < 1.29 is 8.83 Å². The molecule has 482 valence electrons. The number of hydrogen-bond acceptors (Lipinski definition) is 6. The number of para-hydroxylation sites is 5. The van der Waals surface area contributed by atoms with Gasteiger partial charge in [-0.25, -0.2) is 0 Å². The smallest absolute Gasteiger partial charge is 0.252 e. The molecule has 0 amide bonds. The maximum absolute atomic E-state index is 6.60. The Balaban J connectivity index is 0.886. The zero-order valence-corrected chi connectivity index (χ0v) is 57.1. The molecule has 2 aromatic heterocycles. The summed E-state index contributed by atoms with van der Waals surface area (Å²) in [6.45, 7) is -0.419. The SMILES string of the molecule is c1ccc(-c2ccc3c(c2)Sc2cc(-c4ccc5oc6ccccc6c5c4)cc4c2B3c2cc3c(cc2N4c2ccccc2)N(c2c(-c4ccccc4)cccc2-c2ccccc2)c2cc(-c4ccc5oc6ccccc6c5c4)cc4c2B3c2ccc(-c3ccccc3)cc2N4c2ccccc2)cc1. The third kappa shape index (κ3) is 9.11. The van der Waals surface area contributed by atoms with E-state index < -0.39 is 0 Å². The van der Waals surface area contributed by atoms with Crippen molar-refractivity contribution in [1.29, 1.82) is 0 Å². The second kappa shape index (κ2) is 23.3. The largest absolute Gasteiger partial charge is 0.456 e. The average Bonchev–Trinajstić information content (AvgIpc) is 0.797. The van der Waals surface area contributed by atoms with Gasteiger partial charge in [-0.3, -0.25) is 0 Å². The van der Waals surface area contributed by atoms with Crippen molar-refractivity contribution in [1.82, 2.24) is 0 Å². The standard InChI is InChI=1S/C96H59B2N3O2S/c1-7-24-60(25-8-1)66-42-46-78-82(52-66)99(70-32-15-5-16-33-70)85-53-68(64-44-48-90-76(50-64)74-36-19-21-40-88(74)102-90)54-86-94(85)97(78)81-58-80-83(59-84(81)101(86)96-72(62-28-11-3-12-29-62)38-23-39-73(96)63-30-13-4-14-31-63)100(71-34-17-6-18-35-71)87-55-69(65-45-49-91-77(51-65)75-37-20-22-41-89(75)103-91)57-93-95(87)98(80)79-47-43-67(56-92(79)104-93)61-26-9-2-10-27-61/h1-59H. The third-order valence-corrected chi connectivity index (χ3v) is 23.2. The van der Waals surface area contributed by atoms with Gasteiger partial charge in [0, 0.05) is 88.0 Å². The quantitative estimate of drug-likeness (QED) is 0.134. The second-order valence-electron chi connectivity index (χ2n) is 27.8. The lowest BCUT2D eigenvalue weighted by molar-refractivity contribution is 0.668. The molecule has 8 heteroatoms. The number of benzene rings is 16. The molecular formula is C96H59B2N3O2S. The molecule has 0 spiro atoms. The van der Waals surface area contributed by atoms with Gasteiger partial charge in [0.2, 0.25) is 6.71 Å². The minimum absolute atomic E-state index is 0.165. The third-order valence-electron chi connectivity index (χ3n) is 22.1. The number of fused-ring (bicyclic) bond motifs is 14. The highest BCUT2D eigenvalue weighted by Crippen LogP contribution is 2.54. The molecule has 16 aromatic carbocycles. The Morgan fingerprint density at radius 1 is 0.221 bits per heavy atom. The summed E-state index contributed by atoms with van der Waals surface area (Å²) in [7, 11) is 0. The molecule has 104 heavy (non-hydrogen) atoms. The second-order valence-corrected chi connectivity index (χ2v) is 28.8.